The zero-order chi connectivity index (χ0) is 28.6. The molecule has 9 nitrogen and oxygen atoms in total. The Hall–Kier alpha value is -4.18. The lowest BCUT2D eigenvalue weighted by Crippen LogP contribution is -2.15. The third-order valence-corrected chi connectivity index (χ3v) is 6.58. The number of rotatable bonds is 17. The van der Waals surface area contributed by atoms with E-state index < -0.39 is 5.97 Å². The average Bonchev–Trinajstić information content (AvgIpc) is 3.45. The highest BCUT2D eigenvalue weighted by Gasteiger charge is 2.11. The molecule has 0 saturated heterocycles. The minimum atomic E-state index is -0.903. The number of carbonyl (C=O) groups is 3. The number of hydrogen-bond donors (Lipinski definition) is 3. The molecule has 0 radical (unpaired) electrons. The molecule has 0 saturated carbocycles. The summed E-state index contributed by atoms with van der Waals surface area (Å²) in [6, 6.07) is 13.1. The number of nitrogens with one attached hydrogen (secondary N) is 2. The van der Waals surface area contributed by atoms with E-state index in [4.69, 9.17) is 14.6 Å². The van der Waals surface area contributed by atoms with E-state index in [2.05, 4.69) is 27.8 Å². The first-order valence-electron chi connectivity index (χ1n) is 13.2. The van der Waals surface area contributed by atoms with Crippen LogP contribution in [0, 0.1) is 0 Å². The molecule has 0 atom stereocenters. The lowest BCUT2D eigenvalue weighted by molar-refractivity contribution is -0.137. The quantitative estimate of drug-likeness (QED) is 0.167. The van der Waals surface area contributed by atoms with Gasteiger partial charge in [0, 0.05) is 36.5 Å². The lowest BCUT2D eigenvalue weighted by atomic mass is 10.1. The summed E-state index contributed by atoms with van der Waals surface area (Å²) < 4.78 is 11.1. The van der Waals surface area contributed by atoms with Gasteiger partial charge in [-0.15, -0.1) is 11.3 Å². The van der Waals surface area contributed by atoms with Crippen molar-refractivity contribution in [1.29, 1.82) is 0 Å². The molecule has 1 aromatic heterocycles. The molecule has 0 spiro atoms. The number of carboxylic acids is 1. The molecule has 2 aromatic carbocycles. The molecular formula is C30H35N3O6S. The Bertz CT molecular complexity index is 1260. The molecule has 212 valence electrons. The van der Waals surface area contributed by atoms with Crippen LogP contribution in [0.15, 0.2) is 60.1 Å². The van der Waals surface area contributed by atoms with Crippen LogP contribution in [-0.2, 0) is 20.8 Å². The topological polar surface area (TPSA) is 127 Å². The number of benzene rings is 2. The number of thiazole rings is 1. The third kappa shape index (κ3) is 11.3. The first-order valence-corrected chi connectivity index (χ1v) is 14.1. The van der Waals surface area contributed by atoms with Gasteiger partial charge in [-0.2, -0.15) is 0 Å². The smallest absolute Gasteiger partial charge is 0.303 e. The summed E-state index contributed by atoms with van der Waals surface area (Å²) in [5.74, 6) is 0.139. The number of methoxy groups -OCH3 is 1. The van der Waals surface area contributed by atoms with Gasteiger partial charge in [0.05, 0.1) is 13.7 Å². The maximum Gasteiger partial charge on any atom is 0.303 e. The van der Waals surface area contributed by atoms with Crippen molar-refractivity contribution in [1.82, 2.24) is 4.98 Å². The summed E-state index contributed by atoms with van der Waals surface area (Å²) in [5, 5.41) is 17.0. The Labute approximate surface area is 238 Å². The third-order valence-electron chi connectivity index (χ3n) is 5.89. The van der Waals surface area contributed by atoms with E-state index in [9.17, 15) is 14.4 Å². The van der Waals surface area contributed by atoms with Crippen molar-refractivity contribution >= 4 is 46.0 Å². The Morgan fingerprint density at radius 1 is 0.975 bits per heavy atom. The van der Waals surface area contributed by atoms with Gasteiger partial charge in [0.1, 0.15) is 11.5 Å². The summed E-state index contributed by atoms with van der Waals surface area (Å²) in [4.78, 5) is 39.5. The number of unbranched alkanes of at least 4 members (excludes halogenated alkanes) is 2. The van der Waals surface area contributed by atoms with Crippen molar-refractivity contribution in [2.45, 2.75) is 51.4 Å². The second-order valence-corrected chi connectivity index (χ2v) is 9.92. The molecule has 2 amide bonds. The van der Waals surface area contributed by atoms with Gasteiger partial charge in [-0.1, -0.05) is 24.3 Å². The van der Waals surface area contributed by atoms with Crippen LogP contribution in [-0.4, -0.2) is 41.6 Å². The number of amides is 2. The normalized spacial score (nSPS) is 10.8. The van der Waals surface area contributed by atoms with E-state index >= 15 is 0 Å². The highest BCUT2D eigenvalue weighted by Crippen LogP contribution is 2.25. The molecule has 0 aliphatic heterocycles. The average molecular weight is 566 g/mol. The Morgan fingerprint density at radius 3 is 2.45 bits per heavy atom. The highest BCUT2D eigenvalue weighted by atomic mass is 32.1. The fourth-order valence-corrected chi connectivity index (χ4v) is 4.36. The van der Waals surface area contributed by atoms with Crippen molar-refractivity contribution in [3.05, 3.63) is 71.2 Å². The van der Waals surface area contributed by atoms with E-state index in [0.717, 1.165) is 36.1 Å². The Morgan fingerprint density at radius 2 is 1.75 bits per heavy atom. The van der Waals surface area contributed by atoms with Gasteiger partial charge in [0.15, 0.2) is 5.13 Å². The van der Waals surface area contributed by atoms with Gasteiger partial charge in [-0.25, -0.2) is 4.98 Å². The summed E-state index contributed by atoms with van der Waals surface area (Å²) in [5.41, 5.74) is 2.40. The molecule has 0 fully saturated rings. The number of ether oxygens (including phenoxy) is 2. The van der Waals surface area contributed by atoms with Crippen LogP contribution in [0.1, 0.15) is 56.1 Å². The fraction of sp³-hybridized carbons (Fsp3) is 0.333. The van der Waals surface area contributed by atoms with Gasteiger partial charge in [-0.05, 0) is 73.6 Å². The van der Waals surface area contributed by atoms with Crippen molar-refractivity contribution in [3.8, 4) is 11.5 Å². The van der Waals surface area contributed by atoms with Crippen LogP contribution in [0.3, 0.4) is 0 Å². The first-order chi connectivity index (χ1) is 19.4. The SMILES string of the molecule is COc1ccc(C=CCCCCOc2ccc(NC(=O)CCCC(=O)Nc3nccs3)cc2CCC(=O)O)cc1. The maximum atomic E-state index is 12.4. The number of aromatic nitrogens is 1. The Kier molecular flexibility index (Phi) is 12.7. The molecule has 40 heavy (non-hydrogen) atoms. The predicted molar refractivity (Wildman–Crippen MR) is 157 cm³/mol. The molecule has 0 unspecified atom stereocenters. The molecule has 3 aromatic rings. The van der Waals surface area contributed by atoms with E-state index in [0.29, 0.717) is 29.6 Å². The van der Waals surface area contributed by atoms with Crippen molar-refractivity contribution in [2.24, 2.45) is 0 Å². The monoisotopic (exact) mass is 565 g/mol. The van der Waals surface area contributed by atoms with Gasteiger partial charge >= 0.3 is 5.97 Å². The van der Waals surface area contributed by atoms with Crippen LogP contribution in [0.25, 0.3) is 6.08 Å². The van der Waals surface area contributed by atoms with E-state index in [1.807, 2.05) is 24.3 Å². The molecule has 0 aliphatic carbocycles. The van der Waals surface area contributed by atoms with Crippen LogP contribution in [0.5, 0.6) is 11.5 Å². The Balaban J connectivity index is 1.42. The largest absolute Gasteiger partial charge is 0.497 e. The number of aliphatic carboxylic acids is 1. The summed E-state index contributed by atoms with van der Waals surface area (Å²) in [6.45, 7) is 0.505. The maximum absolute atomic E-state index is 12.4. The lowest BCUT2D eigenvalue weighted by Gasteiger charge is -2.13. The first kappa shape index (κ1) is 30.4. The minimum absolute atomic E-state index is 0.0435. The second kappa shape index (κ2) is 16.7. The van der Waals surface area contributed by atoms with E-state index in [1.54, 1.807) is 36.9 Å². The van der Waals surface area contributed by atoms with Gasteiger partial charge < -0.3 is 25.2 Å². The number of carbonyl (C=O) groups excluding carboxylic acids is 2. The van der Waals surface area contributed by atoms with E-state index in [-0.39, 0.29) is 37.5 Å². The summed E-state index contributed by atoms with van der Waals surface area (Å²) in [7, 11) is 1.65. The number of nitrogens with zero attached hydrogens (tertiary/aromatic N) is 1. The molecular weight excluding hydrogens is 530 g/mol. The second-order valence-electron chi connectivity index (χ2n) is 9.02. The number of anilines is 2. The van der Waals surface area contributed by atoms with Crippen LogP contribution in [0.4, 0.5) is 10.8 Å². The predicted octanol–water partition coefficient (Wildman–Crippen LogP) is 6.18. The van der Waals surface area contributed by atoms with Crippen molar-refractivity contribution < 1.29 is 29.0 Å². The molecule has 3 rings (SSSR count). The summed E-state index contributed by atoms with van der Waals surface area (Å²) in [6.07, 6.45) is 9.56. The molecule has 10 heteroatoms. The molecule has 3 N–H and O–H groups in total. The van der Waals surface area contributed by atoms with E-state index in [1.165, 1.54) is 11.3 Å². The van der Waals surface area contributed by atoms with Crippen LogP contribution >= 0.6 is 11.3 Å². The number of allylic oxidation sites excluding steroid dienone is 1. The molecule has 0 bridgehead atoms. The zero-order valence-corrected chi connectivity index (χ0v) is 23.4. The van der Waals surface area contributed by atoms with Gasteiger partial charge in [-0.3, -0.25) is 14.4 Å². The standard InChI is InChI=1S/C30H35N3O6S/c1-38-25-14-10-22(11-15-25)7-4-2-3-5-19-39-26-16-13-24(21-23(26)12-17-29(36)37)32-27(34)8-6-9-28(35)33-30-31-18-20-40-30/h4,7,10-11,13-16,18,20-21H,2-3,5-6,8-9,12,17,19H2,1H3,(H,32,34)(H,36,37)(H,31,33,35). The fourth-order valence-electron chi connectivity index (χ4n) is 3.82. The van der Waals surface area contributed by atoms with Crippen molar-refractivity contribution in [2.75, 3.05) is 24.4 Å². The minimum Gasteiger partial charge on any atom is -0.497 e. The van der Waals surface area contributed by atoms with Crippen LogP contribution in [0.2, 0.25) is 0 Å². The van der Waals surface area contributed by atoms with Crippen LogP contribution < -0.4 is 20.1 Å². The number of aryl methyl sites for hydroxylation is 1. The molecule has 1 heterocycles. The zero-order valence-electron chi connectivity index (χ0n) is 22.6. The van der Waals surface area contributed by atoms with Gasteiger partial charge in [0.25, 0.3) is 0 Å². The molecule has 0 aliphatic rings. The summed E-state index contributed by atoms with van der Waals surface area (Å²) >= 11 is 1.33. The number of hydrogen-bond acceptors (Lipinski definition) is 7. The van der Waals surface area contributed by atoms with Crippen molar-refractivity contribution in [3.63, 3.8) is 0 Å². The highest BCUT2D eigenvalue weighted by molar-refractivity contribution is 7.13. The number of carboxylic acid groups (broad SMARTS) is 1. The van der Waals surface area contributed by atoms with Gasteiger partial charge in [0.2, 0.25) is 11.8 Å².